The Hall–Kier alpha value is -3.40. The van der Waals surface area contributed by atoms with Gasteiger partial charge >= 0.3 is 0 Å². The van der Waals surface area contributed by atoms with E-state index < -0.39 is 0 Å². The summed E-state index contributed by atoms with van der Waals surface area (Å²) in [4.78, 5) is 16.8. The predicted octanol–water partition coefficient (Wildman–Crippen LogP) is 5.37. The van der Waals surface area contributed by atoms with Crippen molar-refractivity contribution in [2.24, 2.45) is 0 Å². The third kappa shape index (κ3) is 3.90. The minimum absolute atomic E-state index is 0.0168. The molecule has 1 aromatic heterocycles. The topological polar surface area (TPSA) is 55.1 Å². The Kier molecular flexibility index (Phi) is 4.71. The fraction of sp³-hybridized carbons (Fsp3) is 0.130. The molecule has 0 atom stereocenters. The van der Waals surface area contributed by atoms with Crippen LogP contribution in [0.2, 0.25) is 0 Å². The molecule has 0 unspecified atom stereocenters. The molecule has 134 valence electrons. The highest BCUT2D eigenvalue weighted by atomic mass is 16.3. The smallest absolute Gasteiger partial charge is 0.227 e. The average Bonchev–Trinajstić information content (AvgIpc) is 3.10. The second kappa shape index (κ2) is 7.46. The maximum absolute atomic E-state index is 12.2. The first-order chi connectivity index (χ1) is 13.2. The lowest BCUT2D eigenvalue weighted by Crippen LogP contribution is -2.12. The highest BCUT2D eigenvalue weighted by molar-refractivity contribution is 5.93. The number of aryl methyl sites for hydroxylation is 2. The van der Waals surface area contributed by atoms with E-state index in [-0.39, 0.29) is 5.91 Å². The maximum atomic E-state index is 12.2. The number of carbonyl (C=O) groups excluding carboxylic acids is 1. The monoisotopic (exact) mass is 356 g/mol. The summed E-state index contributed by atoms with van der Waals surface area (Å²) in [6, 6.07) is 23.5. The molecule has 4 aromatic rings. The number of oxazole rings is 1. The molecule has 0 saturated carbocycles. The first-order valence-electron chi connectivity index (χ1n) is 8.99. The number of hydrogen-bond donors (Lipinski definition) is 1. The van der Waals surface area contributed by atoms with Gasteiger partial charge in [-0.15, -0.1) is 0 Å². The molecule has 0 radical (unpaired) electrons. The van der Waals surface area contributed by atoms with Crippen molar-refractivity contribution in [1.29, 1.82) is 0 Å². The molecule has 0 aliphatic rings. The first kappa shape index (κ1) is 17.0. The number of amides is 1. The number of anilines is 1. The van der Waals surface area contributed by atoms with E-state index in [1.54, 1.807) is 0 Å². The van der Waals surface area contributed by atoms with Crippen LogP contribution in [0, 0.1) is 6.92 Å². The molecular formula is C23H20N2O2. The second-order valence-electron chi connectivity index (χ2n) is 6.55. The van der Waals surface area contributed by atoms with Gasteiger partial charge in [0.25, 0.3) is 0 Å². The number of rotatable bonds is 5. The van der Waals surface area contributed by atoms with E-state index in [1.807, 2.05) is 79.7 Å². The zero-order valence-corrected chi connectivity index (χ0v) is 15.1. The van der Waals surface area contributed by atoms with Crippen LogP contribution in [0.5, 0.6) is 0 Å². The van der Waals surface area contributed by atoms with Gasteiger partial charge in [0.15, 0.2) is 5.58 Å². The normalized spacial score (nSPS) is 10.9. The molecule has 27 heavy (non-hydrogen) atoms. The number of nitrogens with one attached hydrogen (secondary N) is 1. The molecule has 0 saturated heterocycles. The van der Waals surface area contributed by atoms with Crippen LogP contribution >= 0.6 is 0 Å². The molecule has 0 bridgehead atoms. The maximum Gasteiger partial charge on any atom is 0.227 e. The lowest BCUT2D eigenvalue weighted by molar-refractivity contribution is -0.116. The van der Waals surface area contributed by atoms with Crippen molar-refractivity contribution in [2.45, 2.75) is 19.8 Å². The van der Waals surface area contributed by atoms with Gasteiger partial charge in [0.2, 0.25) is 11.8 Å². The molecule has 0 aliphatic carbocycles. The van der Waals surface area contributed by atoms with E-state index in [1.165, 1.54) is 0 Å². The summed E-state index contributed by atoms with van der Waals surface area (Å²) in [7, 11) is 0. The summed E-state index contributed by atoms with van der Waals surface area (Å²) < 4.78 is 5.92. The average molecular weight is 356 g/mol. The Morgan fingerprint density at radius 2 is 1.78 bits per heavy atom. The minimum Gasteiger partial charge on any atom is -0.436 e. The van der Waals surface area contributed by atoms with Crippen LogP contribution in [0.3, 0.4) is 0 Å². The number of hydrogen-bond acceptors (Lipinski definition) is 3. The zero-order chi connectivity index (χ0) is 18.6. The highest BCUT2D eigenvalue weighted by Crippen LogP contribution is 2.28. The van der Waals surface area contributed by atoms with Crippen LogP contribution in [0.1, 0.15) is 17.5 Å². The van der Waals surface area contributed by atoms with Crippen LogP contribution in [-0.2, 0) is 11.2 Å². The Balaban J connectivity index is 1.48. The molecule has 4 nitrogen and oxygen atoms in total. The Bertz CT molecular complexity index is 1080. The lowest BCUT2D eigenvalue weighted by Gasteiger charge is -2.05. The lowest BCUT2D eigenvalue weighted by atomic mass is 10.1. The number of carbonyl (C=O) groups is 1. The van der Waals surface area contributed by atoms with E-state index in [0.29, 0.717) is 30.0 Å². The van der Waals surface area contributed by atoms with Crippen LogP contribution in [-0.4, -0.2) is 10.9 Å². The van der Waals surface area contributed by atoms with Crippen LogP contribution in [0.4, 0.5) is 5.69 Å². The Morgan fingerprint density at radius 3 is 2.59 bits per heavy atom. The van der Waals surface area contributed by atoms with Crippen molar-refractivity contribution in [3.8, 4) is 11.5 Å². The van der Waals surface area contributed by atoms with E-state index in [2.05, 4.69) is 10.3 Å². The Labute approximate surface area is 157 Å². The standard InChI is InChI=1S/C23H20N2O2/c1-16-7-5-6-10-19(16)23-25-20-13-12-18(15-21(20)27-23)24-22(26)14-11-17-8-3-2-4-9-17/h2-10,12-13,15H,11,14H2,1H3,(H,24,26). The van der Waals surface area contributed by atoms with Crippen LogP contribution in [0.25, 0.3) is 22.6 Å². The zero-order valence-electron chi connectivity index (χ0n) is 15.1. The van der Waals surface area contributed by atoms with Crippen molar-refractivity contribution >= 4 is 22.7 Å². The second-order valence-corrected chi connectivity index (χ2v) is 6.55. The molecule has 3 aromatic carbocycles. The van der Waals surface area contributed by atoms with Gasteiger partial charge in [-0.2, -0.15) is 0 Å². The van der Waals surface area contributed by atoms with Gasteiger partial charge in [-0.1, -0.05) is 48.5 Å². The molecule has 0 spiro atoms. The fourth-order valence-electron chi connectivity index (χ4n) is 3.06. The van der Waals surface area contributed by atoms with E-state index in [4.69, 9.17) is 4.42 Å². The third-order valence-corrected chi connectivity index (χ3v) is 4.53. The molecular weight excluding hydrogens is 336 g/mol. The summed E-state index contributed by atoms with van der Waals surface area (Å²) in [5.74, 6) is 0.576. The summed E-state index contributed by atoms with van der Waals surface area (Å²) >= 11 is 0. The predicted molar refractivity (Wildman–Crippen MR) is 108 cm³/mol. The minimum atomic E-state index is -0.0168. The van der Waals surface area contributed by atoms with Crippen LogP contribution in [0.15, 0.2) is 77.2 Å². The van der Waals surface area contributed by atoms with E-state index in [0.717, 1.165) is 22.2 Å². The summed E-state index contributed by atoms with van der Waals surface area (Å²) in [6.07, 6.45) is 1.15. The van der Waals surface area contributed by atoms with E-state index >= 15 is 0 Å². The molecule has 0 fully saturated rings. The van der Waals surface area contributed by atoms with Crippen molar-refractivity contribution in [2.75, 3.05) is 5.32 Å². The van der Waals surface area contributed by atoms with Crippen molar-refractivity contribution in [1.82, 2.24) is 4.98 Å². The summed E-state index contributed by atoms with van der Waals surface area (Å²) in [6.45, 7) is 2.03. The van der Waals surface area contributed by atoms with Gasteiger partial charge in [-0.25, -0.2) is 4.98 Å². The van der Waals surface area contributed by atoms with Gasteiger partial charge in [0, 0.05) is 23.7 Å². The first-order valence-corrected chi connectivity index (χ1v) is 8.99. The van der Waals surface area contributed by atoms with Crippen molar-refractivity contribution in [3.05, 3.63) is 83.9 Å². The molecule has 1 heterocycles. The number of aromatic nitrogens is 1. The van der Waals surface area contributed by atoms with Crippen molar-refractivity contribution < 1.29 is 9.21 Å². The molecule has 0 aliphatic heterocycles. The van der Waals surface area contributed by atoms with Gasteiger partial charge in [-0.05, 0) is 42.7 Å². The molecule has 4 heteroatoms. The fourth-order valence-corrected chi connectivity index (χ4v) is 3.06. The largest absolute Gasteiger partial charge is 0.436 e. The number of nitrogens with zero attached hydrogens (tertiary/aromatic N) is 1. The molecule has 1 N–H and O–H groups in total. The van der Waals surface area contributed by atoms with Gasteiger partial charge in [-0.3, -0.25) is 4.79 Å². The van der Waals surface area contributed by atoms with Gasteiger partial charge in [0.1, 0.15) is 5.52 Å². The van der Waals surface area contributed by atoms with Gasteiger partial charge < -0.3 is 9.73 Å². The van der Waals surface area contributed by atoms with Crippen molar-refractivity contribution in [3.63, 3.8) is 0 Å². The Morgan fingerprint density at radius 1 is 1.00 bits per heavy atom. The highest BCUT2D eigenvalue weighted by Gasteiger charge is 2.11. The summed E-state index contributed by atoms with van der Waals surface area (Å²) in [5.41, 5.74) is 5.39. The summed E-state index contributed by atoms with van der Waals surface area (Å²) in [5, 5.41) is 2.94. The molecule has 1 amide bonds. The number of fused-ring (bicyclic) bond motifs is 1. The molecule has 4 rings (SSSR count). The third-order valence-electron chi connectivity index (χ3n) is 4.53. The van der Waals surface area contributed by atoms with Crippen LogP contribution < -0.4 is 5.32 Å². The van der Waals surface area contributed by atoms with Gasteiger partial charge in [0.05, 0.1) is 0 Å². The van der Waals surface area contributed by atoms with E-state index in [9.17, 15) is 4.79 Å². The quantitative estimate of drug-likeness (QED) is 0.523. The SMILES string of the molecule is Cc1ccccc1-c1nc2ccc(NC(=O)CCc3ccccc3)cc2o1. The number of benzene rings is 3.